The SMILES string of the molecule is CCCn1cnc(-c2cc(Cl)ccc2Br)c1N. The van der Waals surface area contributed by atoms with Crippen molar-refractivity contribution in [2.45, 2.75) is 19.9 Å². The lowest BCUT2D eigenvalue weighted by Crippen LogP contribution is -2.01. The van der Waals surface area contributed by atoms with E-state index >= 15 is 0 Å². The molecular weight excluding hydrogens is 302 g/mol. The van der Waals surface area contributed by atoms with E-state index < -0.39 is 0 Å². The lowest BCUT2D eigenvalue weighted by molar-refractivity contribution is 0.686. The minimum Gasteiger partial charge on any atom is -0.383 e. The van der Waals surface area contributed by atoms with Crippen LogP contribution in [-0.2, 0) is 6.54 Å². The average Bonchev–Trinajstić information content (AvgIpc) is 2.65. The van der Waals surface area contributed by atoms with Gasteiger partial charge in [-0.3, -0.25) is 0 Å². The first-order valence-corrected chi connectivity index (χ1v) is 6.56. The Morgan fingerprint density at radius 3 is 2.94 bits per heavy atom. The highest BCUT2D eigenvalue weighted by Crippen LogP contribution is 2.33. The third-order valence-corrected chi connectivity index (χ3v) is 3.45. The summed E-state index contributed by atoms with van der Waals surface area (Å²) in [5.41, 5.74) is 7.77. The molecule has 0 spiro atoms. The molecule has 1 aromatic carbocycles. The van der Waals surface area contributed by atoms with Crippen LogP contribution in [0.4, 0.5) is 5.82 Å². The Morgan fingerprint density at radius 1 is 1.47 bits per heavy atom. The van der Waals surface area contributed by atoms with Crippen LogP contribution in [0.15, 0.2) is 29.0 Å². The number of hydrogen-bond donors (Lipinski definition) is 1. The van der Waals surface area contributed by atoms with Crippen LogP contribution in [0.5, 0.6) is 0 Å². The zero-order chi connectivity index (χ0) is 12.4. The molecule has 1 heterocycles. The number of nitrogens with two attached hydrogens (primary N) is 1. The van der Waals surface area contributed by atoms with E-state index in [0.717, 1.165) is 28.7 Å². The molecule has 0 saturated carbocycles. The molecule has 0 bridgehead atoms. The molecule has 1 aromatic heterocycles. The van der Waals surface area contributed by atoms with Gasteiger partial charge in [-0.05, 0) is 24.6 Å². The van der Waals surface area contributed by atoms with Crippen molar-refractivity contribution in [2.75, 3.05) is 5.73 Å². The molecule has 0 atom stereocenters. The van der Waals surface area contributed by atoms with Gasteiger partial charge in [0.2, 0.25) is 0 Å². The number of hydrogen-bond acceptors (Lipinski definition) is 2. The van der Waals surface area contributed by atoms with Gasteiger partial charge in [0, 0.05) is 21.6 Å². The summed E-state index contributed by atoms with van der Waals surface area (Å²) in [4.78, 5) is 4.36. The second-order valence-corrected chi connectivity index (χ2v) is 5.09. The summed E-state index contributed by atoms with van der Waals surface area (Å²) >= 11 is 9.48. The van der Waals surface area contributed by atoms with Crippen molar-refractivity contribution in [1.29, 1.82) is 0 Å². The maximum atomic E-state index is 6.08. The van der Waals surface area contributed by atoms with Gasteiger partial charge in [0.05, 0.1) is 6.33 Å². The van der Waals surface area contributed by atoms with Crippen LogP contribution >= 0.6 is 27.5 Å². The topological polar surface area (TPSA) is 43.8 Å². The van der Waals surface area contributed by atoms with E-state index in [1.54, 1.807) is 6.33 Å². The van der Waals surface area contributed by atoms with E-state index in [9.17, 15) is 0 Å². The molecule has 3 nitrogen and oxygen atoms in total. The van der Waals surface area contributed by atoms with Crippen LogP contribution in [0.3, 0.4) is 0 Å². The summed E-state index contributed by atoms with van der Waals surface area (Å²) in [6.07, 6.45) is 2.79. The van der Waals surface area contributed by atoms with Gasteiger partial charge in [0.1, 0.15) is 11.5 Å². The molecule has 0 unspecified atom stereocenters. The molecule has 90 valence electrons. The van der Waals surface area contributed by atoms with Gasteiger partial charge in [0.15, 0.2) is 0 Å². The summed E-state index contributed by atoms with van der Waals surface area (Å²) in [5, 5.41) is 0.674. The zero-order valence-electron chi connectivity index (χ0n) is 9.45. The Kier molecular flexibility index (Phi) is 3.74. The van der Waals surface area contributed by atoms with Crippen LogP contribution in [0.1, 0.15) is 13.3 Å². The highest BCUT2D eigenvalue weighted by atomic mass is 79.9. The minimum absolute atomic E-state index is 0.674. The van der Waals surface area contributed by atoms with Gasteiger partial charge >= 0.3 is 0 Å². The quantitative estimate of drug-likeness (QED) is 0.932. The summed E-state index contributed by atoms with van der Waals surface area (Å²) in [5.74, 6) is 0.676. The number of nitrogens with zero attached hydrogens (tertiary/aromatic N) is 2. The Bertz CT molecular complexity index is 537. The van der Waals surface area contributed by atoms with E-state index in [1.807, 2.05) is 22.8 Å². The fraction of sp³-hybridized carbons (Fsp3) is 0.250. The molecule has 0 aliphatic heterocycles. The van der Waals surface area contributed by atoms with Gasteiger partial charge < -0.3 is 10.3 Å². The van der Waals surface area contributed by atoms with Gasteiger partial charge in [0.25, 0.3) is 0 Å². The van der Waals surface area contributed by atoms with E-state index in [4.69, 9.17) is 17.3 Å². The minimum atomic E-state index is 0.674. The Hall–Kier alpha value is -1.00. The van der Waals surface area contributed by atoms with Crippen LogP contribution in [0.25, 0.3) is 11.3 Å². The largest absolute Gasteiger partial charge is 0.383 e. The van der Waals surface area contributed by atoms with Crippen molar-refractivity contribution in [3.8, 4) is 11.3 Å². The summed E-state index contributed by atoms with van der Waals surface area (Å²) in [6, 6.07) is 5.59. The highest BCUT2D eigenvalue weighted by Gasteiger charge is 2.12. The van der Waals surface area contributed by atoms with Crippen molar-refractivity contribution in [3.63, 3.8) is 0 Å². The lowest BCUT2D eigenvalue weighted by Gasteiger charge is -2.05. The van der Waals surface area contributed by atoms with Crippen molar-refractivity contribution >= 4 is 33.3 Å². The fourth-order valence-electron chi connectivity index (χ4n) is 1.70. The Balaban J connectivity index is 2.49. The molecule has 0 fully saturated rings. The first-order chi connectivity index (χ1) is 8.13. The first-order valence-electron chi connectivity index (χ1n) is 5.39. The van der Waals surface area contributed by atoms with E-state index in [1.165, 1.54) is 0 Å². The van der Waals surface area contributed by atoms with Crippen LogP contribution in [0, 0.1) is 0 Å². The number of anilines is 1. The number of rotatable bonds is 3. The van der Waals surface area contributed by atoms with Crippen molar-refractivity contribution in [3.05, 3.63) is 34.0 Å². The standard InChI is InChI=1S/C12H13BrClN3/c1-2-5-17-7-16-11(12(17)15)9-6-8(14)3-4-10(9)13/h3-4,6-7H,2,5,15H2,1H3. The number of nitrogen functional groups attached to an aromatic ring is 1. The van der Waals surface area contributed by atoms with Crippen molar-refractivity contribution in [1.82, 2.24) is 9.55 Å². The summed E-state index contributed by atoms with van der Waals surface area (Å²) in [7, 11) is 0. The average molecular weight is 315 g/mol. The van der Waals surface area contributed by atoms with E-state index in [-0.39, 0.29) is 0 Å². The molecular formula is C12H13BrClN3. The summed E-state index contributed by atoms with van der Waals surface area (Å²) < 4.78 is 2.89. The third kappa shape index (κ3) is 2.48. The van der Waals surface area contributed by atoms with Crippen LogP contribution in [0.2, 0.25) is 5.02 Å². The molecule has 2 N–H and O–H groups in total. The molecule has 0 aliphatic carbocycles. The third-order valence-electron chi connectivity index (χ3n) is 2.53. The fourth-order valence-corrected chi connectivity index (χ4v) is 2.30. The smallest absolute Gasteiger partial charge is 0.131 e. The number of halogens is 2. The maximum Gasteiger partial charge on any atom is 0.131 e. The summed E-state index contributed by atoms with van der Waals surface area (Å²) in [6.45, 7) is 2.98. The van der Waals surface area contributed by atoms with E-state index in [0.29, 0.717) is 10.8 Å². The van der Waals surface area contributed by atoms with Gasteiger partial charge in [-0.15, -0.1) is 0 Å². The van der Waals surface area contributed by atoms with Crippen LogP contribution in [-0.4, -0.2) is 9.55 Å². The second-order valence-electron chi connectivity index (χ2n) is 3.80. The second kappa shape index (κ2) is 5.10. The molecule has 5 heteroatoms. The Morgan fingerprint density at radius 2 is 2.24 bits per heavy atom. The lowest BCUT2D eigenvalue weighted by atomic mass is 10.1. The number of aryl methyl sites for hydroxylation is 1. The zero-order valence-corrected chi connectivity index (χ0v) is 11.8. The van der Waals surface area contributed by atoms with Gasteiger partial charge in [-0.1, -0.05) is 34.5 Å². The van der Waals surface area contributed by atoms with Gasteiger partial charge in [-0.2, -0.15) is 0 Å². The molecule has 2 rings (SSSR count). The number of benzene rings is 1. The Labute approximate surface area is 114 Å². The molecule has 0 saturated heterocycles. The molecule has 2 aromatic rings. The number of aromatic nitrogens is 2. The maximum absolute atomic E-state index is 6.08. The predicted octanol–water partition coefficient (Wildman–Crippen LogP) is 3.96. The van der Waals surface area contributed by atoms with Gasteiger partial charge in [-0.25, -0.2) is 4.98 Å². The first kappa shape index (κ1) is 12.5. The van der Waals surface area contributed by atoms with E-state index in [2.05, 4.69) is 27.8 Å². The highest BCUT2D eigenvalue weighted by molar-refractivity contribution is 9.10. The molecule has 0 aliphatic rings. The van der Waals surface area contributed by atoms with Crippen molar-refractivity contribution < 1.29 is 0 Å². The van der Waals surface area contributed by atoms with Crippen molar-refractivity contribution in [2.24, 2.45) is 0 Å². The molecule has 0 radical (unpaired) electrons. The number of imidazole rings is 1. The van der Waals surface area contributed by atoms with Crippen LogP contribution < -0.4 is 5.73 Å². The monoisotopic (exact) mass is 313 g/mol. The normalized spacial score (nSPS) is 10.8. The predicted molar refractivity (Wildman–Crippen MR) is 75.1 cm³/mol. The molecule has 17 heavy (non-hydrogen) atoms. The molecule has 0 amide bonds.